The van der Waals surface area contributed by atoms with Gasteiger partial charge in [-0.25, -0.2) is 19.9 Å². The number of rotatable bonds is 5. The molecule has 174 valence electrons. The number of primary amides is 1. The zero-order chi connectivity index (χ0) is 24.5. The smallest absolute Gasteiger partial charge is 0.250 e. The molecule has 1 aliphatic heterocycles. The van der Waals surface area contributed by atoms with Gasteiger partial charge in [-0.1, -0.05) is 60.7 Å². The standard InChI is InChI=1S/C29H22N6O/c30-28(36)22-11-6-10-21-26(22)31-18-32-27(21)29(17-19-7-2-1-3-8-19)24(15-16-33-29)35-25-14-13-20-9-4-5-12-23(20)34-25/h1-14,16,18H,15,17H2,(H2,30,36). The molecule has 0 spiro atoms. The van der Waals surface area contributed by atoms with Crippen molar-refractivity contribution in [2.45, 2.75) is 18.4 Å². The molecule has 5 aromatic rings. The molecule has 0 saturated heterocycles. The molecule has 7 heteroatoms. The van der Waals surface area contributed by atoms with E-state index in [1.807, 2.05) is 66.9 Å². The number of nitrogens with zero attached hydrogens (tertiary/aromatic N) is 5. The van der Waals surface area contributed by atoms with E-state index >= 15 is 0 Å². The van der Waals surface area contributed by atoms with Gasteiger partial charge in [-0.05, 0) is 29.8 Å². The first kappa shape index (κ1) is 21.7. The van der Waals surface area contributed by atoms with Gasteiger partial charge in [0.15, 0.2) is 5.82 Å². The molecule has 3 heterocycles. The molecular formula is C29H22N6O. The van der Waals surface area contributed by atoms with E-state index in [0.29, 0.717) is 35.4 Å². The molecule has 0 bridgehead atoms. The van der Waals surface area contributed by atoms with Crippen LogP contribution in [-0.2, 0) is 12.0 Å². The maximum atomic E-state index is 12.1. The zero-order valence-corrected chi connectivity index (χ0v) is 19.4. The highest BCUT2D eigenvalue weighted by molar-refractivity contribution is 6.11. The summed E-state index contributed by atoms with van der Waals surface area (Å²) < 4.78 is 0. The number of hydrogen-bond donors (Lipinski definition) is 1. The SMILES string of the molecule is NC(=O)c1cccc2c(C3(Cc4ccccc4)N=CCC3=Nc3ccc4ccccc4n3)ncnc12. The Kier molecular flexibility index (Phi) is 5.30. The van der Waals surface area contributed by atoms with Crippen LogP contribution in [0.3, 0.4) is 0 Å². The highest BCUT2D eigenvalue weighted by atomic mass is 16.1. The van der Waals surface area contributed by atoms with Crippen molar-refractivity contribution in [2.75, 3.05) is 0 Å². The topological polar surface area (TPSA) is 106 Å². The van der Waals surface area contributed by atoms with Crippen molar-refractivity contribution >= 4 is 45.5 Å². The molecule has 1 atom stereocenters. The number of carbonyl (C=O) groups is 1. The van der Waals surface area contributed by atoms with Gasteiger partial charge >= 0.3 is 0 Å². The number of aromatic nitrogens is 3. The number of amides is 1. The van der Waals surface area contributed by atoms with E-state index in [2.05, 4.69) is 17.1 Å². The van der Waals surface area contributed by atoms with Gasteiger partial charge in [0.2, 0.25) is 0 Å². The van der Waals surface area contributed by atoms with Crippen LogP contribution in [0.25, 0.3) is 21.8 Å². The molecule has 36 heavy (non-hydrogen) atoms. The largest absolute Gasteiger partial charge is 0.366 e. The molecule has 0 saturated carbocycles. The van der Waals surface area contributed by atoms with Crippen LogP contribution in [0.4, 0.5) is 5.82 Å². The van der Waals surface area contributed by atoms with Crippen molar-refractivity contribution in [3.8, 4) is 0 Å². The molecular weight excluding hydrogens is 448 g/mol. The summed E-state index contributed by atoms with van der Waals surface area (Å²) in [6.45, 7) is 0. The third-order valence-electron chi connectivity index (χ3n) is 6.53. The van der Waals surface area contributed by atoms with Crippen LogP contribution in [0.2, 0.25) is 0 Å². The Labute approximate surface area is 207 Å². The molecule has 0 aliphatic carbocycles. The maximum Gasteiger partial charge on any atom is 0.250 e. The Morgan fingerprint density at radius 3 is 2.61 bits per heavy atom. The summed E-state index contributed by atoms with van der Waals surface area (Å²) in [6, 6.07) is 27.4. The monoisotopic (exact) mass is 470 g/mol. The first-order chi connectivity index (χ1) is 17.6. The lowest BCUT2D eigenvalue weighted by molar-refractivity contribution is 0.100. The number of fused-ring (bicyclic) bond motifs is 2. The Morgan fingerprint density at radius 1 is 0.917 bits per heavy atom. The first-order valence-corrected chi connectivity index (χ1v) is 11.7. The van der Waals surface area contributed by atoms with Crippen molar-refractivity contribution in [3.63, 3.8) is 0 Å². The van der Waals surface area contributed by atoms with E-state index in [4.69, 9.17) is 25.7 Å². The van der Waals surface area contributed by atoms with E-state index in [0.717, 1.165) is 27.6 Å². The predicted octanol–water partition coefficient (Wildman–Crippen LogP) is 4.96. The Morgan fingerprint density at radius 2 is 1.75 bits per heavy atom. The van der Waals surface area contributed by atoms with E-state index in [9.17, 15) is 4.79 Å². The van der Waals surface area contributed by atoms with Crippen molar-refractivity contribution < 1.29 is 4.79 Å². The summed E-state index contributed by atoms with van der Waals surface area (Å²) in [5.74, 6) is 0.0781. The molecule has 2 aromatic heterocycles. The second-order valence-electron chi connectivity index (χ2n) is 8.75. The van der Waals surface area contributed by atoms with E-state index in [-0.39, 0.29) is 0 Å². The summed E-state index contributed by atoms with van der Waals surface area (Å²) in [5.41, 5.74) is 9.12. The van der Waals surface area contributed by atoms with Gasteiger partial charge < -0.3 is 5.73 Å². The fourth-order valence-corrected chi connectivity index (χ4v) is 4.86. The molecule has 7 nitrogen and oxygen atoms in total. The minimum absolute atomic E-state index is 0.350. The average molecular weight is 471 g/mol. The summed E-state index contributed by atoms with van der Waals surface area (Å²) >= 11 is 0. The number of carbonyl (C=O) groups excluding carboxylic acids is 1. The quantitative estimate of drug-likeness (QED) is 0.392. The average Bonchev–Trinajstić information content (AvgIpc) is 3.30. The highest BCUT2D eigenvalue weighted by Crippen LogP contribution is 2.39. The lowest BCUT2D eigenvalue weighted by Gasteiger charge is -2.28. The van der Waals surface area contributed by atoms with Crippen LogP contribution >= 0.6 is 0 Å². The Balaban J connectivity index is 1.58. The van der Waals surface area contributed by atoms with Crippen LogP contribution in [-0.4, -0.2) is 32.8 Å². The van der Waals surface area contributed by atoms with Gasteiger partial charge in [-0.3, -0.25) is 9.79 Å². The Bertz CT molecular complexity index is 1680. The molecule has 0 radical (unpaired) electrons. The summed E-state index contributed by atoms with van der Waals surface area (Å²) in [5, 5.41) is 1.78. The van der Waals surface area contributed by atoms with E-state index < -0.39 is 11.4 Å². The summed E-state index contributed by atoms with van der Waals surface area (Å²) in [4.78, 5) is 36.1. The molecule has 6 rings (SSSR count). The summed E-state index contributed by atoms with van der Waals surface area (Å²) in [7, 11) is 0. The van der Waals surface area contributed by atoms with Gasteiger partial charge in [0.25, 0.3) is 5.91 Å². The van der Waals surface area contributed by atoms with Gasteiger partial charge in [-0.2, -0.15) is 0 Å². The molecule has 2 N–H and O–H groups in total. The Hall–Kier alpha value is -4.78. The van der Waals surface area contributed by atoms with Crippen molar-refractivity contribution in [1.82, 2.24) is 15.0 Å². The van der Waals surface area contributed by atoms with Crippen LogP contribution in [0.5, 0.6) is 0 Å². The van der Waals surface area contributed by atoms with Gasteiger partial charge in [0, 0.05) is 29.8 Å². The van der Waals surface area contributed by atoms with Crippen molar-refractivity contribution in [3.05, 3.63) is 108 Å². The predicted molar refractivity (Wildman–Crippen MR) is 142 cm³/mol. The number of hydrogen-bond acceptors (Lipinski definition) is 6. The normalized spacial score (nSPS) is 18.3. The van der Waals surface area contributed by atoms with Gasteiger partial charge in [-0.15, -0.1) is 0 Å². The number of benzene rings is 3. The van der Waals surface area contributed by atoms with Crippen LogP contribution in [0, 0.1) is 0 Å². The van der Waals surface area contributed by atoms with Crippen LogP contribution < -0.4 is 5.73 Å². The summed E-state index contributed by atoms with van der Waals surface area (Å²) in [6.07, 6.45) is 4.46. The molecule has 1 amide bonds. The van der Waals surface area contributed by atoms with Gasteiger partial charge in [0.1, 0.15) is 11.9 Å². The van der Waals surface area contributed by atoms with Gasteiger partial charge in [0.05, 0.1) is 28.0 Å². The van der Waals surface area contributed by atoms with Crippen LogP contribution in [0.1, 0.15) is 28.0 Å². The van der Waals surface area contributed by atoms with E-state index in [1.54, 1.807) is 12.1 Å². The molecule has 1 unspecified atom stereocenters. The lowest BCUT2D eigenvalue weighted by atomic mass is 9.82. The minimum Gasteiger partial charge on any atom is -0.366 e. The second-order valence-corrected chi connectivity index (χ2v) is 8.75. The fraction of sp³-hybridized carbons (Fsp3) is 0.103. The maximum absolute atomic E-state index is 12.1. The van der Waals surface area contributed by atoms with Crippen LogP contribution in [0.15, 0.2) is 101 Å². The minimum atomic E-state index is -0.883. The van der Waals surface area contributed by atoms with E-state index in [1.165, 1.54) is 6.33 Å². The molecule has 1 aliphatic rings. The number of aliphatic imine (C=N–C) groups is 2. The third kappa shape index (κ3) is 3.71. The highest BCUT2D eigenvalue weighted by Gasteiger charge is 2.43. The number of nitrogens with two attached hydrogens (primary N) is 1. The first-order valence-electron chi connectivity index (χ1n) is 11.7. The second kappa shape index (κ2) is 8.78. The molecule has 0 fully saturated rings. The third-order valence-corrected chi connectivity index (χ3v) is 6.53. The van der Waals surface area contributed by atoms with Crippen molar-refractivity contribution in [2.24, 2.45) is 15.7 Å². The lowest BCUT2D eigenvalue weighted by Crippen LogP contribution is -2.34. The number of para-hydroxylation sites is 2. The molecule has 3 aromatic carbocycles. The zero-order valence-electron chi connectivity index (χ0n) is 19.4. The number of pyridine rings is 1. The fourth-order valence-electron chi connectivity index (χ4n) is 4.86. The van der Waals surface area contributed by atoms with Crippen molar-refractivity contribution in [1.29, 1.82) is 0 Å².